The summed E-state index contributed by atoms with van der Waals surface area (Å²) >= 11 is 0. The van der Waals surface area contributed by atoms with Gasteiger partial charge < -0.3 is 14.9 Å². The van der Waals surface area contributed by atoms with Crippen LogP contribution in [-0.4, -0.2) is 35.0 Å². The number of cyclic esters (lactones) is 1. The Labute approximate surface area is 64.8 Å². The largest absolute Gasteiger partial charge is 0.459 e. The fraction of sp³-hybridized carbons (Fsp3) is 0.857. The molecule has 11 heavy (non-hydrogen) atoms. The van der Waals surface area contributed by atoms with Crippen LogP contribution in [-0.2, 0) is 9.53 Å². The van der Waals surface area contributed by atoms with Crippen molar-refractivity contribution >= 4 is 5.97 Å². The Kier molecular flexibility index (Phi) is 2.46. The average Bonchev–Trinajstić information content (AvgIpc) is 2.31. The predicted molar refractivity (Wildman–Crippen MR) is 36.8 cm³/mol. The van der Waals surface area contributed by atoms with E-state index in [9.17, 15) is 4.79 Å². The number of ether oxygens (including phenoxy) is 1. The molecule has 0 spiro atoms. The molecule has 1 heterocycles. The molecule has 1 rings (SSSR count). The second-order valence-corrected chi connectivity index (χ2v) is 2.86. The number of hydrogen-bond donors (Lipinski definition) is 2. The van der Waals surface area contributed by atoms with Gasteiger partial charge in [0.05, 0.1) is 12.5 Å². The molecule has 1 saturated heterocycles. The van der Waals surface area contributed by atoms with Gasteiger partial charge in [0.2, 0.25) is 0 Å². The number of rotatable bonds is 2. The monoisotopic (exact) mass is 160 g/mol. The Morgan fingerprint density at radius 3 is 2.82 bits per heavy atom. The number of carbonyl (C=O) groups excluding carboxylic acids is 1. The van der Waals surface area contributed by atoms with Gasteiger partial charge in [0.1, 0.15) is 12.2 Å². The average molecular weight is 160 g/mol. The van der Waals surface area contributed by atoms with Crippen LogP contribution in [0.15, 0.2) is 0 Å². The highest BCUT2D eigenvalue weighted by Gasteiger charge is 2.35. The normalized spacial score (nSPS) is 33.5. The van der Waals surface area contributed by atoms with E-state index < -0.39 is 12.2 Å². The third-order valence-electron chi connectivity index (χ3n) is 1.87. The number of hydrogen-bond acceptors (Lipinski definition) is 4. The third-order valence-corrected chi connectivity index (χ3v) is 1.87. The molecule has 4 nitrogen and oxygen atoms in total. The molecular formula is C7H12O4. The lowest BCUT2D eigenvalue weighted by Gasteiger charge is -2.13. The van der Waals surface area contributed by atoms with Crippen molar-refractivity contribution in [1.82, 2.24) is 0 Å². The topological polar surface area (TPSA) is 66.8 Å². The Bertz CT molecular complexity index is 157. The zero-order valence-electron chi connectivity index (χ0n) is 6.36. The lowest BCUT2D eigenvalue weighted by Crippen LogP contribution is -2.28. The molecule has 0 amide bonds. The van der Waals surface area contributed by atoms with E-state index >= 15 is 0 Å². The van der Waals surface area contributed by atoms with E-state index in [2.05, 4.69) is 0 Å². The summed E-state index contributed by atoms with van der Waals surface area (Å²) in [5.41, 5.74) is 0. The highest BCUT2D eigenvalue weighted by atomic mass is 16.6. The van der Waals surface area contributed by atoms with Crippen LogP contribution in [0.2, 0.25) is 0 Å². The first kappa shape index (κ1) is 8.49. The van der Waals surface area contributed by atoms with Crippen LogP contribution < -0.4 is 0 Å². The summed E-state index contributed by atoms with van der Waals surface area (Å²) in [6.45, 7) is 1.39. The molecule has 4 heteroatoms. The van der Waals surface area contributed by atoms with E-state index in [0.29, 0.717) is 6.42 Å². The number of carbonyl (C=O) groups is 1. The van der Waals surface area contributed by atoms with Crippen molar-refractivity contribution in [2.24, 2.45) is 5.92 Å². The highest BCUT2D eigenvalue weighted by molar-refractivity contribution is 5.74. The molecule has 1 aliphatic heterocycles. The molecule has 0 aromatic rings. The summed E-state index contributed by atoms with van der Waals surface area (Å²) in [6.07, 6.45) is -0.938. The molecule has 3 atom stereocenters. The van der Waals surface area contributed by atoms with Crippen molar-refractivity contribution < 1.29 is 19.7 Å². The number of esters is 1. The van der Waals surface area contributed by atoms with Gasteiger partial charge in [0.15, 0.2) is 0 Å². The second kappa shape index (κ2) is 3.19. The first-order valence-corrected chi connectivity index (χ1v) is 3.64. The van der Waals surface area contributed by atoms with Gasteiger partial charge in [0.25, 0.3) is 0 Å². The minimum atomic E-state index is -0.927. The maximum absolute atomic E-state index is 10.8. The molecule has 1 aliphatic rings. The van der Waals surface area contributed by atoms with Crippen molar-refractivity contribution in [2.75, 3.05) is 6.61 Å². The van der Waals surface area contributed by atoms with Gasteiger partial charge in [-0.05, 0) is 0 Å². The number of aliphatic hydroxyl groups is 2. The SMILES string of the molecule is CC1CC(C(O)CO)OC1=O. The van der Waals surface area contributed by atoms with Crippen LogP contribution in [0.1, 0.15) is 13.3 Å². The van der Waals surface area contributed by atoms with Gasteiger partial charge >= 0.3 is 5.97 Å². The van der Waals surface area contributed by atoms with Crippen LogP contribution in [0.3, 0.4) is 0 Å². The van der Waals surface area contributed by atoms with Crippen molar-refractivity contribution in [3.8, 4) is 0 Å². The van der Waals surface area contributed by atoms with Crippen LogP contribution in [0.5, 0.6) is 0 Å². The van der Waals surface area contributed by atoms with E-state index in [0.717, 1.165) is 0 Å². The number of aliphatic hydroxyl groups excluding tert-OH is 2. The van der Waals surface area contributed by atoms with Gasteiger partial charge in [0, 0.05) is 6.42 Å². The fourth-order valence-corrected chi connectivity index (χ4v) is 1.11. The Hall–Kier alpha value is -0.610. The molecule has 1 fully saturated rings. The third kappa shape index (κ3) is 1.70. The van der Waals surface area contributed by atoms with Crippen LogP contribution in [0.25, 0.3) is 0 Å². The molecule has 0 bridgehead atoms. The second-order valence-electron chi connectivity index (χ2n) is 2.86. The standard InChI is InChI=1S/C7H12O4/c1-4-2-6(5(9)3-8)11-7(4)10/h4-6,8-9H,2-3H2,1H3. The molecule has 3 unspecified atom stereocenters. The molecule has 0 saturated carbocycles. The van der Waals surface area contributed by atoms with E-state index in [1.807, 2.05) is 0 Å². The van der Waals surface area contributed by atoms with Gasteiger partial charge in [-0.1, -0.05) is 6.92 Å². The van der Waals surface area contributed by atoms with E-state index in [-0.39, 0.29) is 18.5 Å². The summed E-state index contributed by atoms with van der Waals surface area (Å²) in [4.78, 5) is 10.8. The molecule has 0 aromatic carbocycles. The summed E-state index contributed by atoms with van der Waals surface area (Å²) in [6, 6.07) is 0. The Morgan fingerprint density at radius 2 is 2.45 bits per heavy atom. The summed E-state index contributed by atoms with van der Waals surface area (Å²) in [5, 5.41) is 17.6. The van der Waals surface area contributed by atoms with Crippen molar-refractivity contribution in [1.29, 1.82) is 0 Å². The minimum Gasteiger partial charge on any atom is -0.459 e. The quantitative estimate of drug-likeness (QED) is 0.524. The zero-order valence-corrected chi connectivity index (χ0v) is 6.36. The highest BCUT2D eigenvalue weighted by Crippen LogP contribution is 2.22. The maximum atomic E-state index is 10.8. The van der Waals surface area contributed by atoms with Crippen LogP contribution in [0, 0.1) is 5.92 Å². The molecular weight excluding hydrogens is 148 g/mol. The zero-order chi connectivity index (χ0) is 8.43. The lowest BCUT2D eigenvalue weighted by atomic mass is 10.0. The lowest BCUT2D eigenvalue weighted by molar-refractivity contribution is -0.148. The summed E-state index contributed by atoms with van der Waals surface area (Å²) < 4.78 is 4.78. The summed E-state index contributed by atoms with van der Waals surface area (Å²) in [5.74, 6) is -0.441. The predicted octanol–water partition coefficient (Wildman–Crippen LogP) is -0.709. The van der Waals surface area contributed by atoms with E-state index in [1.165, 1.54) is 0 Å². The van der Waals surface area contributed by atoms with Gasteiger partial charge in [-0.2, -0.15) is 0 Å². The molecule has 64 valence electrons. The molecule has 0 radical (unpaired) electrons. The Balaban J connectivity index is 2.46. The fourth-order valence-electron chi connectivity index (χ4n) is 1.11. The van der Waals surface area contributed by atoms with E-state index in [4.69, 9.17) is 14.9 Å². The van der Waals surface area contributed by atoms with Crippen LogP contribution >= 0.6 is 0 Å². The van der Waals surface area contributed by atoms with Gasteiger partial charge in [-0.15, -0.1) is 0 Å². The van der Waals surface area contributed by atoms with Crippen molar-refractivity contribution in [3.63, 3.8) is 0 Å². The molecule has 0 aliphatic carbocycles. The Morgan fingerprint density at radius 1 is 1.82 bits per heavy atom. The first-order chi connectivity index (χ1) is 5.15. The molecule has 0 aromatic heterocycles. The molecule has 2 N–H and O–H groups in total. The van der Waals surface area contributed by atoms with Crippen LogP contribution in [0.4, 0.5) is 0 Å². The maximum Gasteiger partial charge on any atom is 0.309 e. The smallest absolute Gasteiger partial charge is 0.309 e. The van der Waals surface area contributed by atoms with Crippen molar-refractivity contribution in [2.45, 2.75) is 25.6 Å². The minimum absolute atomic E-state index is 0.152. The van der Waals surface area contributed by atoms with Gasteiger partial charge in [-0.25, -0.2) is 0 Å². The van der Waals surface area contributed by atoms with Crippen molar-refractivity contribution in [3.05, 3.63) is 0 Å². The van der Waals surface area contributed by atoms with E-state index in [1.54, 1.807) is 6.92 Å². The van der Waals surface area contributed by atoms with Gasteiger partial charge in [-0.3, -0.25) is 4.79 Å². The first-order valence-electron chi connectivity index (χ1n) is 3.64. The summed E-state index contributed by atoms with van der Waals surface area (Å²) in [7, 11) is 0.